The van der Waals surface area contributed by atoms with Gasteiger partial charge in [0.15, 0.2) is 0 Å². The first kappa shape index (κ1) is 11.1. The summed E-state index contributed by atoms with van der Waals surface area (Å²) in [5.41, 5.74) is 1.98. The fraction of sp³-hybridized carbons (Fsp3) is 0.286. The number of nitrogens with one attached hydrogen (secondary N) is 1. The second-order valence-electron chi connectivity index (χ2n) is 4.67. The van der Waals surface area contributed by atoms with Gasteiger partial charge in [-0.25, -0.2) is 14.4 Å². The third-order valence-electron chi connectivity index (χ3n) is 3.18. The molecule has 1 N–H and O–H groups in total. The van der Waals surface area contributed by atoms with Crippen molar-refractivity contribution in [3.8, 4) is 0 Å². The Morgan fingerprint density at radius 2 is 2.22 bits per heavy atom. The molecule has 1 aliphatic rings. The highest BCUT2D eigenvalue weighted by atomic mass is 19.1. The summed E-state index contributed by atoms with van der Waals surface area (Å²) < 4.78 is 13.1. The molecule has 4 heteroatoms. The molecule has 1 heterocycles. The molecule has 0 saturated heterocycles. The highest BCUT2D eigenvalue weighted by Gasteiger charge is 2.38. The molecule has 2 atom stereocenters. The number of anilines is 1. The average molecular weight is 243 g/mol. The SMILES string of the molecule is Cc1ccnc(N[C@@H]2C[C@H]2c2cccc(F)c2)n1. The molecule has 0 spiro atoms. The van der Waals surface area contributed by atoms with Gasteiger partial charge >= 0.3 is 0 Å². The minimum Gasteiger partial charge on any atom is -0.351 e. The molecule has 3 rings (SSSR count). The number of hydrogen-bond acceptors (Lipinski definition) is 3. The van der Waals surface area contributed by atoms with E-state index in [2.05, 4.69) is 15.3 Å². The standard InChI is InChI=1S/C14H14FN3/c1-9-5-6-16-14(17-9)18-13-8-12(13)10-3-2-4-11(15)7-10/h2-7,12-13H,8H2,1H3,(H,16,17,18)/t12-,13+/m0/s1. The lowest BCUT2D eigenvalue weighted by Crippen LogP contribution is -2.08. The zero-order valence-electron chi connectivity index (χ0n) is 10.1. The minimum atomic E-state index is -0.176. The fourth-order valence-electron chi connectivity index (χ4n) is 2.14. The normalized spacial score (nSPS) is 21.7. The van der Waals surface area contributed by atoms with Crippen LogP contribution in [0.5, 0.6) is 0 Å². The van der Waals surface area contributed by atoms with Crippen LogP contribution >= 0.6 is 0 Å². The summed E-state index contributed by atoms with van der Waals surface area (Å²) in [4.78, 5) is 8.47. The summed E-state index contributed by atoms with van der Waals surface area (Å²) in [5.74, 6) is 0.841. The molecule has 1 fully saturated rings. The van der Waals surface area contributed by atoms with Gasteiger partial charge in [0.05, 0.1) is 0 Å². The first-order valence-electron chi connectivity index (χ1n) is 6.04. The number of aryl methyl sites for hydroxylation is 1. The fourth-order valence-corrected chi connectivity index (χ4v) is 2.14. The van der Waals surface area contributed by atoms with Gasteiger partial charge in [0.25, 0.3) is 0 Å². The zero-order chi connectivity index (χ0) is 12.5. The highest BCUT2D eigenvalue weighted by Crippen LogP contribution is 2.42. The smallest absolute Gasteiger partial charge is 0.223 e. The molecule has 1 aromatic carbocycles. The molecule has 92 valence electrons. The number of hydrogen-bond donors (Lipinski definition) is 1. The summed E-state index contributed by atoms with van der Waals surface area (Å²) in [6, 6.07) is 8.97. The van der Waals surface area contributed by atoms with Gasteiger partial charge in [-0.2, -0.15) is 0 Å². The van der Waals surface area contributed by atoms with Crippen molar-refractivity contribution in [1.29, 1.82) is 0 Å². The van der Waals surface area contributed by atoms with Crippen LogP contribution in [0.4, 0.5) is 10.3 Å². The third-order valence-corrected chi connectivity index (χ3v) is 3.18. The number of aromatic nitrogens is 2. The van der Waals surface area contributed by atoms with E-state index >= 15 is 0 Å². The Morgan fingerprint density at radius 1 is 1.33 bits per heavy atom. The second kappa shape index (κ2) is 4.37. The van der Waals surface area contributed by atoms with Gasteiger partial charge in [0.2, 0.25) is 5.95 Å². The van der Waals surface area contributed by atoms with Crippen LogP contribution in [0, 0.1) is 12.7 Å². The molecular formula is C14H14FN3. The molecule has 3 nitrogen and oxygen atoms in total. The number of benzene rings is 1. The molecule has 1 saturated carbocycles. The number of halogens is 1. The van der Waals surface area contributed by atoms with Crippen molar-refractivity contribution < 1.29 is 4.39 Å². The number of nitrogens with zero attached hydrogens (tertiary/aromatic N) is 2. The van der Waals surface area contributed by atoms with Gasteiger partial charge in [0.1, 0.15) is 5.82 Å². The van der Waals surface area contributed by atoms with Crippen molar-refractivity contribution >= 4 is 5.95 Å². The molecule has 1 aromatic heterocycles. The topological polar surface area (TPSA) is 37.8 Å². The van der Waals surface area contributed by atoms with Gasteiger partial charge < -0.3 is 5.32 Å². The van der Waals surface area contributed by atoms with Crippen molar-refractivity contribution in [2.45, 2.75) is 25.3 Å². The van der Waals surface area contributed by atoms with E-state index in [0.717, 1.165) is 17.7 Å². The van der Waals surface area contributed by atoms with E-state index in [-0.39, 0.29) is 5.82 Å². The van der Waals surface area contributed by atoms with E-state index in [0.29, 0.717) is 17.9 Å². The van der Waals surface area contributed by atoms with Gasteiger partial charge in [-0.05, 0) is 37.1 Å². The first-order chi connectivity index (χ1) is 8.72. The van der Waals surface area contributed by atoms with Gasteiger partial charge in [-0.1, -0.05) is 12.1 Å². The Bertz CT molecular complexity index is 570. The van der Waals surface area contributed by atoms with Crippen molar-refractivity contribution in [3.63, 3.8) is 0 Å². The lowest BCUT2D eigenvalue weighted by molar-refractivity contribution is 0.625. The maximum absolute atomic E-state index is 13.1. The molecule has 2 aromatic rings. The maximum atomic E-state index is 13.1. The van der Waals surface area contributed by atoms with Gasteiger partial charge in [-0.3, -0.25) is 0 Å². The van der Waals surface area contributed by atoms with Crippen LogP contribution in [0.3, 0.4) is 0 Å². The predicted octanol–water partition coefficient (Wildman–Crippen LogP) is 2.89. The Kier molecular flexibility index (Phi) is 2.70. The van der Waals surface area contributed by atoms with Crippen LogP contribution in [-0.2, 0) is 0 Å². The van der Waals surface area contributed by atoms with Crippen LogP contribution in [-0.4, -0.2) is 16.0 Å². The minimum absolute atomic E-state index is 0.176. The second-order valence-corrected chi connectivity index (χ2v) is 4.67. The molecule has 0 aliphatic heterocycles. The number of rotatable bonds is 3. The van der Waals surface area contributed by atoms with E-state index < -0.39 is 0 Å². The van der Waals surface area contributed by atoms with Gasteiger partial charge in [-0.15, -0.1) is 0 Å². The Balaban J connectivity index is 1.68. The molecular weight excluding hydrogens is 229 g/mol. The predicted molar refractivity (Wildman–Crippen MR) is 67.9 cm³/mol. The van der Waals surface area contributed by atoms with Crippen molar-refractivity contribution in [3.05, 3.63) is 53.6 Å². The van der Waals surface area contributed by atoms with E-state index in [4.69, 9.17) is 0 Å². The third kappa shape index (κ3) is 2.32. The van der Waals surface area contributed by atoms with Gasteiger partial charge in [0, 0.05) is 23.9 Å². The Morgan fingerprint density at radius 3 is 3.00 bits per heavy atom. The van der Waals surface area contributed by atoms with Crippen LogP contribution in [0.15, 0.2) is 36.5 Å². The van der Waals surface area contributed by atoms with Crippen LogP contribution in [0.25, 0.3) is 0 Å². The van der Waals surface area contributed by atoms with E-state index in [1.807, 2.05) is 19.1 Å². The highest BCUT2D eigenvalue weighted by molar-refractivity contribution is 5.37. The van der Waals surface area contributed by atoms with Crippen LogP contribution < -0.4 is 5.32 Å². The molecule has 0 unspecified atom stereocenters. The van der Waals surface area contributed by atoms with Crippen LogP contribution in [0.2, 0.25) is 0 Å². The average Bonchev–Trinajstić information content (AvgIpc) is 3.08. The first-order valence-corrected chi connectivity index (χ1v) is 6.04. The van der Waals surface area contributed by atoms with E-state index in [1.54, 1.807) is 18.3 Å². The van der Waals surface area contributed by atoms with Crippen molar-refractivity contribution in [1.82, 2.24) is 9.97 Å². The quantitative estimate of drug-likeness (QED) is 0.900. The van der Waals surface area contributed by atoms with Crippen molar-refractivity contribution in [2.75, 3.05) is 5.32 Å². The summed E-state index contributed by atoms with van der Waals surface area (Å²) >= 11 is 0. The summed E-state index contributed by atoms with van der Waals surface area (Å²) in [5, 5.41) is 3.28. The molecule has 0 amide bonds. The molecule has 18 heavy (non-hydrogen) atoms. The lowest BCUT2D eigenvalue weighted by Gasteiger charge is -2.04. The maximum Gasteiger partial charge on any atom is 0.223 e. The monoisotopic (exact) mass is 243 g/mol. The summed E-state index contributed by atoms with van der Waals surface area (Å²) in [6.45, 7) is 1.93. The molecule has 1 aliphatic carbocycles. The molecule has 0 bridgehead atoms. The zero-order valence-corrected chi connectivity index (χ0v) is 10.1. The van der Waals surface area contributed by atoms with E-state index in [1.165, 1.54) is 6.07 Å². The summed E-state index contributed by atoms with van der Waals surface area (Å²) in [7, 11) is 0. The van der Waals surface area contributed by atoms with E-state index in [9.17, 15) is 4.39 Å². The summed E-state index contributed by atoms with van der Waals surface area (Å²) in [6.07, 6.45) is 2.74. The lowest BCUT2D eigenvalue weighted by atomic mass is 10.1. The molecule has 0 radical (unpaired) electrons. The Labute approximate surface area is 105 Å². The Hall–Kier alpha value is -1.97. The van der Waals surface area contributed by atoms with Crippen LogP contribution in [0.1, 0.15) is 23.6 Å². The largest absolute Gasteiger partial charge is 0.351 e. The van der Waals surface area contributed by atoms with Crippen molar-refractivity contribution in [2.24, 2.45) is 0 Å².